The molecule has 1 aliphatic rings. The van der Waals surface area contributed by atoms with E-state index < -0.39 is 0 Å². The van der Waals surface area contributed by atoms with E-state index >= 15 is 0 Å². The van der Waals surface area contributed by atoms with E-state index in [0.717, 1.165) is 17.3 Å². The van der Waals surface area contributed by atoms with Crippen molar-refractivity contribution >= 4 is 5.82 Å². The molecule has 3 nitrogen and oxygen atoms in total. The maximum Gasteiger partial charge on any atom is 0.144 e. The molecule has 0 radical (unpaired) electrons. The highest BCUT2D eigenvalue weighted by atomic mass is 15.0. The molecule has 1 saturated carbocycles. The van der Waals surface area contributed by atoms with Gasteiger partial charge in [0.2, 0.25) is 0 Å². The van der Waals surface area contributed by atoms with Crippen molar-refractivity contribution in [2.45, 2.75) is 58.4 Å². The van der Waals surface area contributed by atoms with Crippen LogP contribution in [0.2, 0.25) is 0 Å². The highest BCUT2D eigenvalue weighted by Crippen LogP contribution is 2.29. The first-order valence-corrected chi connectivity index (χ1v) is 7.36. The van der Waals surface area contributed by atoms with Crippen molar-refractivity contribution in [2.24, 2.45) is 5.92 Å². The SMILES string of the molecule is CCCC1CCC(Nc2nccc(C)c2C#N)CC1. The number of nitrogens with one attached hydrogen (secondary N) is 1. The largest absolute Gasteiger partial charge is 0.366 e. The van der Waals surface area contributed by atoms with Crippen molar-refractivity contribution in [1.82, 2.24) is 4.98 Å². The first-order chi connectivity index (χ1) is 9.24. The van der Waals surface area contributed by atoms with Crippen LogP contribution in [0, 0.1) is 24.2 Å². The number of hydrogen-bond acceptors (Lipinski definition) is 3. The van der Waals surface area contributed by atoms with Gasteiger partial charge >= 0.3 is 0 Å². The Labute approximate surface area is 116 Å². The zero-order valence-electron chi connectivity index (χ0n) is 11.9. The van der Waals surface area contributed by atoms with E-state index in [1.54, 1.807) is 6.20 Å². The summed E-state index contributed by atoms with van der Waals surface area (Å²) in [6, 6.07) is 4.63. The molecule has 0 atom stereocenters. The van der Waals surface area contributed by atoms with Crippen molar-refractivity contribution in [2.75, 3.05) is 5.32 Å². The molecule has 0 saturated heterocycles. The van der Waals surface area contributed by atoms with E-state index in [0.29, 0.717) is 11.6 Å². The van der Waals surface area contributed by atoms with Crippen LogP contribution in [0.1, 0.15) is 56.6 Å². The van der Waals surface area contributed by atoms with E-state index in [4.69, 9.17) is 0 Å². The van der Waals surface area contributed by atoms with Crippen LogP contribution in [0.4, 0.5) is 5.82 Å². The number of nitriles is 1. The Morgan fingerprint density at radius 3 is 2.74 bits per heavy atom. The number of pyridine rings is 1. The lowest BCUT2D eigenvalue weighted by atomic mass is 9.83. The van der Waals surface area contributed by atoms with Crippen molar-refractivity contribution in [3.63, 3.8) is 0 Å². The standard InChI is InChI=1S/C16H23N3/c1-3-4-13-5-7-14(8-6-13)19-16-15(11-17)12(2)9-10-18-16/h9-10,13-14H,3-8H2,1-2H3,(H,18,19). The monoisotopic (exact) mass is 257 g/mol. The summed E-state index contributed by atoms with van der Waals surface area (Å²) in [5.41, 5.74) is 1.69. The lowest BCUT2D eigenvalue weighted by Gasteiger charge is -2.29. The Balaban J connectivity index is 1.96. The molecule has 1 aliphatic carbocycles. The van der Waals surface area contributed by atoms with E-state index in [1.165, 1.54) is 38.5 Å². The topological polar surface area (TPSA) is 48.7 Å². The molecular formula is C16H23N3. The van der Waals surface area contributed by atoms with Crippen LogP contribution in [0.3, 0.4) is 0 Å². The molecule has 2 rings (SSSR count). The molecule has 1 fully saturated rings. The van der Waals surface area contributed by atoms with Crippen LogP contribution in [-0.2, 0) is 0 Å². The molecule has 0 aliphatic heterocycles. The predicted octanol–water partition coefficient (Wildman–Crippen LogP) is 4.03. The zero-order chi connectivity index (χ0) is 13.7. The molecule has 3 heteroatoms. The second-order valence-corrected chi connectivity index (χ2v) is 5.61. The first kappa shape index (κ1) is 13.9. The second-order valence-electron chi connectivity index (χ2n) is 5.61. The quantitative estimate of drug-likeness (QED) is 0.885. The molecule has 0 bridgehead atoms. The van der Waals surface area contributed by atoms with Gasteiger partial charge in [0.25, 0.3) is 0 Å². The summed E-state index contributed by atoms with van der Waals surface area (Å²) in [4.78, 5) is 4.33. The Hall–Kier alpha value is -1.56. The molecule has 1 aromatic rings. The zero-order valence-corrected chi connectivity index (χ0v) is 11.9. The number of rotatable bonds is 4. The maximum absolute atomic E-state index is 9.21. The van der Waals surface area contributed by atoms with Gasteiger partial charge in [-0.1, -0.05) is 19.8 Å². The van der Waals surface area contributed by atoms with E-state index in [-0.39, 0.29) is 0 Å². The number of anilines is 1. The van der Waals surface area contributed by atoms with Crippen molar-refractivity contribution in [3.05, 3.63) is 23.4 Å². The molecule has 19 heavy (non-hydrogen) atoms. The minimum absolute atomic E-state index is 0.481. The normalized spacial score (nSPS) is 22.8. The highest BCUT2D eigenvalue weighted by Gasteiger charge is 2.21. The van der Waals surface area contributed by atoms with Gasteiger partial charge < -0.3 is 5.32 Å². The smallest absolute Gasteiger partial charge is 0.144 e. The van der Waals surface area contributed by atoms with Crippen molar-refractivity contribution in [1.29, 1.82) is 5.26 Å². The lowest BCUT2D eigenvalue weighted by molar-refractivity contribution is 0.318. The van der Waals surface area contributed by atoms with Crippen LogP contribution in [0.15, 0.2) is 12.3 Å². The summed E-state index contributed by atoms with van der Waals surface area (Å²) in [5, 5.41) is 12.7. The maximum atomic E-state index is 9.21. The molecular weight excluding hydrogens is 234 g/mol. The third-order valence-corrected chi connectivity index (χ3v) is 4.16. The Morgan fingerprint density at radius 1 is 1.37 bits per heavy atom. The third kappa shape index (κ3) is 3.47. The number of aryl methyl sites for hydroxylation is 1. The Kier molecular flexibility index (Phi) is 4.79. The Morgan fingerprint density at radius 2 is 2.11 bits per heavy atom. The molecule has 1 heterocycles. The van der Waals surface area contributed by atoms with Crippen LogP contribution >= 0.6 is 0 Å². The van der Waals surface area contributed by atoms with Gasteiger partial charge in [-0.3, -0.25) is 0 Å². The fourth-order valence-corrected chi connectivity index (χ4v) is 3.01. The van der Waals surface area contributed by atoms with Crippen LogP contribution in [0.5, 0.6) is 0 Å². The van der Waals surface area contributed by atoms with Gasteiger partial charge in [0.15, 0.2) is 0 Å². The molecule has 0 aromatic carbocycles. The van der Waals surface area contributed by atoms with Crippen molar-refractivity contribution in [3.8, 4) is 6.07 Å². The van der Waals surface area contributed by atoms with Gasteiger partial charge in [-0.25, -0.2) is 4.98 Å². The third-order valence-electron chi connectivity index (χ3n) is 4.16. The summed E-state index contributed by atoms with van der Waals surface area (Å²) in [7, 11) is 0. The predicted molar refractivity (Wildman–Crippen MR) is 78.0 cm³/mol. The minimum Gasteiger partial charge on any atom is -0.366 e. The second kappa shape index (κ2) is 6.56. The number of hydrogen-bond donors (Lipinski definition) is 1. The molecule has 1 N–H and O–H groups in total. The average molecular weight is 257 g/mol. The van der Waals surface area contributed by atoms with E-state index in [2.05, 4.69) is 23.3 Å². The van der Waals surface area contributed by atoms with Gasteiger partial charge in [0.1, 0.15) is 11.9 Å². The van der Waals surface area contributed by atoms with Gasteiger partial charge in [-0.2, -0.15) is 5.26 Å². The van der Waals surface area contributed by atoms with Gasteiger partial charge in [-0.15, -0.1) is 0 Å². The molecule has 1 aromatic heterocycles. The molecule has 0 spiro atoms. The molecule has 0 amide bonds. The summed E-state index contributed by atoms with van der Waals surface area (Å²) in [6.07, 6.45) is 9.44. The summed E-state index contributed by atoms with van der Waals surface area (Å²) >= 11 is 0. The lowest BCUT2D eigenvalue weighted by Crippen LogP contribution is -2.27. The summed E-state index contributed by atoms with van der Waals surface area (Å²) < 4.78 is 0. The van der Waals surface area contributed by atoms with E-state index in [9.17, 15) is 5.26 Å². The Bertz CT molecular complexity index is 454. The summed E-state index contributed by atoms with van der Waals surface area (Å²) in [6.45, 7) is 4.23. The summed E-state index contributed by atoms with van der Waals surface area (Å²) in [5.74, 6) is 1.67. The highest BCUT2D eigenvalue weighted by molar-refractivity contribution is 5.55. The van der Waals surface area contributed by atoms with Gasteiger partial charge in [0.05, 0.1) is 5.56 Å². The number of aromatic nitrogens is 1. The van der Waals surface area contributed by atoms with Crippen LogP contribution in [0.25, 0.3) is 0 Å². The fourth-order valence-electron chi connectivity index (χ4n) is 3.01. The first-order valence-electron chi connectivity index (χ1n) is 7.36. The van der Waals surface area contributed by atoms with Crippen LogP contribution in [-0.4, -0.2) is 11.0 Å². The fraction of sp³-hybridized carbons (Fsp3) is 0.625. The molecule has 102 valence electrons. The van der Waals surface area contributed by atoms with Crippen molar-refractivity contribution < 1.29 is 0 Å². The van der Waals surface area contributed by atoms with Gasteiger partial charge in [0, 0.05) is 12.2 Å². The minimum atomic E-state index is 0.481. The molecule has 0 unspecified atom stereocenters. The van der Waals surface area contributed by atoms with Gasteiger partial charge in [-0.05, 0) is 50.2 Å². The van der Waals surface area contributed by atoms with E-state index in [1.807, 2.05) is 13.0 Å². The number of nitrogens with zero attached hydrogens (tertiary/aromatic N) is 2. The average Bonchev–Trinajstić information content (AvgIpc) is 2.42. The van der Waals surface area contributed by atoms with Crippen LogP contribution < -0.4 is 5.32 Å².